The van der Waals surface area contributed by atoms with E-state index in [2.05, 4.69) is 26.6 Å². The average molecular weight is 377 g/mol. The number of nitrogens with one attached hydrogen (secondary N) is 2. The van der Waals surface area contributed by atoms with Crippen molar-refractivity contribution in [3.05, 3.63) is 58.1 Å². The molecule has 0 bridgehead atoms. The third-order valence-corrected chi connectivity index (χ3v) is 3.85. The molecule has 0 aliphatic heterocycles. The topological polar surface area (TPSA) is 67.4 Å². The zero-order valence-electron chi connectivity index (χ0n) is 12.9. The van der Waals surface area contributed by atoms with Gasteiger partial charge in [-0.2, -0.15) is 0 Å². The number of aryl methyl sites for hydroxylation is 1. The van der Waals surface area contributed by atoms with Crippen LogP contribution < -0.4 is 15.4 Å². The number of methoxy groups -OCH3 is 1. The number of hydrogen-bond acceptors (Lipinski definition) is 3. The quantitative estimate of drug-likeness (QED) is 0.842. The standard InChI is InChI=1S/C17H17BrN2O3/c1-11-7-8-15(23-2)12(9-11)17(22)19-10-16(21)20-14-6-4-3-5-13(14)18/h3-9H,10H2,1-2H3,(H,19,22)(H,20,21). The normalized spacial score (nSPS) is 10.0. The van der Waals surface area contributed by atoms with Gasteiger partial charge in [-0.1, -0.05) is 23.8 Å². The number of anilines is 1. The SMILES string of the molecule is COc1ccc(C)cc1C(=O)NCC(=O)Nc1ccccc1Br. The van der Waals surface area contributed by atoms with Crippen molar-refractivity contribution in [2.24, 2.45) is 0 Å². The van der Waals surface area contributed by atoms with Crippen LogP contribution in [0.3, 0.4) is 0 Å². The zero-order chi connectivity index (χ0) is 16.8. The molecule has 0 saturated heterocycles. The van der Waals surface area contributed by atoms with E-state index in [1.807, 2.05) is 31.2 Å². The highest BCUT2D eigenvalue weighted by Gasteiger charge is 2.14. The molecule has 0 fully saturated rings. The van der Waals surface area contributed by atoms with Gasteiger partial charge in [-0.25, -0.2) is 0 Å². The minimum atomic E-state index is -0.354. The van der Waals surface area contributed by atoms with E-state index < -0.39 is 0 Å². The van der Waals surface area contributed by atoms with E-state index in [0.717, 1.165) is 10.0 Å². The van der Waals surface area contributed by atoms with Gasteiger partial charge in [-0.05, 0) is 47.1 Å². The van der Waals surface area contributed by atoms with Crippen LogP contribution in [0.25, 0.3) is 0 Å². The smallest absolute Gasteiger partial charge is 0.255 e. The fourth-order valence-corrected chi connectivity index (χ4v) is 2.40. The third kappa shape index (κ3) is 4.56. The van der Waals surface area contributed by atoms with Gasteiger partial charge in [0.15, 0.2) is 0 Å². The number of amides is 2. The van der Waals surface area contributed by atoms with Crippen LogP contribution >= 0.6 is 15.9 Å². The predicted octanol–water partition coefficient (Wildman–Crippen LogP) is 3.13. The van der Waals surface area contributed by atoms with Crippen LogP contribution in [0.5, 0.6) is 5.75 Å². The van der Waals surface area contributed by atoms with Crippen molar-refractivity contribution in [2.75, 3.05) is 19.0 Å². The van der Waals surface area contributed by atoms with Crippen molar-refractivity contribution in [3.63, 3.8) is 0 Å². The van der Waals surface area contributed by atoms with Crippen LogP contribution in [-0.2, 0) is 4.79 Å². The van der Waals surface area contributed by atoms with Crippen LogP contribution in [0.1, 0.15) is 15.9 Å². The minimum Gasteiger partial charge on any atom is -0.496 e. The van der Waals surface area contributed by atoms with Crippen molar-refractivity contribution in [2.45, 2.75) is 6.92 Å². The summed E-state index contributed by atoms with van der Waals surface area (Å²) in [7, 11) is 1.50. The van der Waals surface area contributed by atoms with E-state index in [1.54, 1.807) is 18.2 Å². The molecule has 23 heavy (non-hydrogen) atoms. The third-order valence-electron chi connectivity index (χ3n) is 3.16. The van der Waals surface area contributed by atoms with Crippen LogP contribution in [0.2, 0.25) is 0 Å². The molecule has 0 radical (unpaired) electrons. The van der Waals surface area contributed by atoms with Crippen molar-refractivity contribution >= 4 is 33.4 Å². The average Bonchev–Trinajstić information content (AvgIpc) is 2.54. The molecule has 6 heteroatoms. The minimum absolute atomic E-state index is 0.128. The second kappa shape index (κ2) is 7.78. The predicted molar refractivity (Wildman–Crippen MR) is 92.8 cm³/mol. The molecule has 0 heterocycles. The largest absolute Gasteiger partial charge is 0.496 e. The lowest BCUT2D eigenvalue weighted by atomic mass is 10.1. The first-order valence-electron chi connectivity index (χ1n) is 6.98. The summed E-state index contributed by atoms with van der Waals surface area (Å²) in [5.74, 6) is -0.191. The molecule has 0 unspecified atom stereocenters. The van der Waals surface area contributed by atoms with E-state index in [4.69, 9.17) is 4.74 Å². The van der Waals surface area contributed by atoms with Crippen molar-refractivity contribution in [1.29, 1.82) is 0 Å². The van der Waals surface area contributed by atoms with Crippen molar-refractivity contribution in [1.82, 2.24) is 5.32 Å². The summed E-state index contributed by atoms with van der Waals surface area (Å²) >= 11 is 3.35. The molecule has 0 aliphatic carbocycles. The molecule has 0 saturated carbocycles. The number of carbonyl (C=O) groups is 2. The van der Waals surface area contributed by atoms with E-state index in [9.17, 15) is 9.59 Å². The molecule has 120 valence electrons. The Morgan fingerprint density at radius 2 is 1.91 bits per heavy atom. The van der Waals surface area contributed by atoms with Gasteiger partial charge in [0.2, 0.25) is 5.91 Å². The second-order valence-corrected chi connectivity index (χ2v) is 5.77. The number of benzene rings is 2. The molecule has 5 nitrogen and oxygen atoms in total. The van der Waals surface area contributed by atoms with Gasteiger partial charge >= 0.3 is 0 Å². The Kier molecular flexibility index (Phi) is 5.76. The fraction of sp³-hybridized carbons (Fsp3) is 0.176. The van der Waals surface area contributed by atoms with Crippen molar-refractivity contribution in [3.8, 4) is 5.75 Å². The molecular weight excluding hydrogens is 360 g/mol. The Morgan fingerprint density at radius 3 is 2.61 bits per heavy atom. The number of hydrogen-bond donors (Lipinski definition) is 2. The molecule has 2 N–H and O–H groups in total. The van der Waals surface area contributed by atoms with Crippen LogP contribution in [0.4, 0.5) is 5.69 Å². The summed E-state index contributed by atoms with van der Waals surface area (Å²) < 4.78 is 5.95. The van der Waals surface area contributed by atoms with Gasteiger partial charge in [0.05, 0.1) is 24.9 Å². The van der Waals surface area contributed by atoms with Crippen LogP contribution in [0, 0.1) is 6.92 Å². The van der Waals surface area contributed by atoms with Crippen LogP contribution in [-0.4, -0.2) is 25.5 Å². The first kappa shape index (κ1) is 17.0. The first-order valence-corrected chi connectivity index (χ1v) is 7.78. The number of rotatable bonds is 5. The summed E-state index contributed by atoms with van der Waals surface area (Å²) in [5, 5.41) is 5.32. The molecule has 0 atom stereocenters. The van der Waals surface area contributed by atoms with Gasteiger partial charge in [0.25, 0.3) is 5.91 Å². The fourth-order valence-electron chi connectivity index (χ4n) is 2.01. The molecule has 0 aromatic heterocycles. The lowest BCUT2D eigenvalue weighted by Crippen LogP contribution is -2.33. The van der Waals surface area contributed by atoms with Crippen LogP contribution in [0.15, 0.2) is 46.9 Å². The molecule has 0 aliphatic rings. The molecule has 2 amide bonds. The Hall–Kier alpha value is -2.34. The van der Waals surface area contributed by atoms with Crippen molar-refractivity contribution < 1.29 is 14.3 Å². The second-order valence-electron chi connectivity index (χ2n) is 4.91. The van der Waals surface area contributed by atoms with Gasteiger partial charge < -0.3 is 15.4 Å². The maximum atomic E-state index is 12.2. The number of para-hydroxylation sites is 1. The summed E-state index contributed by atoms with van der Waals surface area (Å²) in [5.41, 5.74) is 2.00. The van der Waals surface area contributed by atoms with Gasteiger partial charge in [-0.3, -0.25) is 9.59 Å². The van der Waals surface area contributed by atoms with E-state index in [-0.39, 0.29) is 18.4 Å². The molecule has 2 aromatic rings. The lowest BCUT2D eigenvalue weighted by molar-refractivity contribution is -0.115. The van der Waals surface area contributed by atoms with Gasteiger partial charge in [0.1, 0.15) is 5.75 Å². The lowest BCUT2D eigenvalue weighted by Gasteiger charge is -2.11. The van der Waals surface area contributed by atoms with Gasteiger partial charge in [0, 0.05) is 4.47 Å². The number of ether oxygens (including phenoxy) is 1. The maximum Gasteiger partial charge on any atom is 0.255 e. The Bertz CT molecular complexity index is 732. The number of carbonyl (C=O) groups excluding carboxylic acids is 2. The van der Waals surface area contributed by atoms with E-state index >= 15 is 0 Å². The number of halogens is 1. The maximum absolute atomic E-state index is 12.2. The van der Waals surface area contributed by atoms with E-state index in [1.165, 1.54) is 7.11 Å². The zero-order valence-corrected chi connectivity index (χ0v) is 14.4. The summed E-state index contributed by atoms with van der Waals surface area (Å²) in [4.78, 5) is 24.2. The molecule has 2 rings (SSSR count). The van der Waals surface area contributed by atoms with E-state index in [0.29, 0.717) is 17.0 Å². The monoisotopic (exact) mass is 376 g/mol. The Labute approximate surface area is 143 Å². The Morgan fingerprint density at radius 1 is 1.17 bits per heavy atom. The summed E-state index contributed by atoms with van der Waals surface area (Å²) in [6, 6.07) is 12.6. The summed E-state index contributed by atoms with van der Waals surface area (Å²) in [6.07, 6.45) is 0. The highest BCUT2D eigenvalue weighted by atomic mass is 79.9. The molecular formula is C17H17BrN2O3. The Balaban J connectivity index is 1.98. The first-order chi connectivity index (χ1) is 11.0. The highest BCUT2D eigenvalue weighted by molar-refractivity contribution is 9.10. The molecule has 2 aromatic carbocycles. The summed E-state index contributed by atoms with van der Waals surface area (Å²) in [6.45, 7) is 1.76. The van der Waals surface area contributed by atoms with Gasteiger partial charge in [-0.15, -0.1) is 0 Å². The highest BCUT2D eigenvalue weighted by Crippen LogP contribution is 2.21. The molecule has 0 spiro atoms.